The van der Waals surface area contributed by atoms with E-state index in [9.17, 15) is 27.6 Å². The van der Waals surface area contributed by atoms with Crippen LogP contribution in [0.5, 0.6) is 0 Å². The number of amides is 4. The molecule has 5 aliphatic rings. The van der Waals surface area contributed by atoms with Crippen LogP contribution in [-0.4, -0.2) is 85.0 Å². The summed E-state index contributed by atoms with van der Waals surface area (Å²) in [6, 6.07) is 11.8. The van der Waals surface area contributed by atoms with Gasteiger partial charge in [0.05, 0.1) is 18.0 Å². The fourth-order valence-electron chi connectivity index (χ4n) is 7.12. The van der Waals surface area contributed by atoms with Crippen molar-refractivity contribution in [1.82, 2.24) is 20.3 Å². The molecule has 2 aromatic carbocycles. The Balaban J connectivity index is 1.12. The Labute approximate surface area is 297 Å². The quantitative estimate of drug-likeness (QED) is 0.210. The zero-order valence-corrected chi connectivity index (χ0v) is 29.3. The number of carbonyl (C=O) groups excluding carboxylic acids is 4. The van der Waals surface area contributed by atoms with E-state index in [2.05, 4.69) is 20.5 Å². The van der Waals surface area contributed by atoms with Crippen LogP contribution >= 0.6 is 0 Å². The highest BCUT2D eigenvalue weighted by Crippen LogP contribution is 2.46. The van der Waals surface area contributed by atoms with Gasteiger partial charge in [-0.25, -0.2) is 13.2 Å². The third-order valence-electron chi connectivity index (χ3n) is 10.6. The topological polar surface area (TPSA) is 173 Å². The molecule has 2 heterocycles. The summed E-state index contributed by atoms with van der Waals surface area (Å²) in [5.74, 6) is -2.24. The number of hydrogen-bond donors (Lipinski definition) is 3. The minimum absolute atomic E-state index is 0.0143. The van der Waals surface area contributed by atoms with Gasteiger partial charge in [0.15, 0.2) is 0 Å². The molecule has 0 spiro atoms. The summed E-state index contributed by atoms with van der Waals surface area (Å²) >= 11 is 0. The van der Waals surface area contributed by atoms with E-state index in [1.54, 1.807) is 6.21 Å². The van der Waals surface area contributed by atoms with E-state index < -0.39 is 68.7 Å². The largest absolute Gasteiger partial charge is 0.446 e. The van der Waals surface area contributed by atoms with E-state index in [0.717, 1.165) is 48.4 Å². The lowest BCUT2D eigenvalue weighted by atomic mass is 9.96. The van der Waals surface area contributed by atoms with Gasteiger partial charge in [-0.2, -0.15) is 0 Å². The van der Waals surface area contributed by atoms with E-state index in [-0.39, 0.29) is 25.5 Å². The Kier molecular flexibility index (Phi) is 10.0. The second-order valence-electron chi connectivity index (χ2n) is 14.5. The minimum Gasteiger partial charge on any atom is -0.446 e. The molecule has 4 fully saturated rings. The number of fused-ring (bicyclic) bond motifs is 3. The molecular formula is C37H45N5O8S. The number of alkyl carbamates (subject to hydrolysis) is 1. The molecule has 51 heavy (non-hydrogen) atoms. The molecule has 4 amide bonds. The number of carbonyl (C=O) groups is 4. The van der Waals surface area contributed by atoms with E-state index in [1.807, 2.05) is 54.6 Å². The molecule has 0 aromatic heterocycles. The van der Waals surface area contributed by atoms with Gasteiger partial charge in [0.25, 0.3) is 5.91 Å². The van der Waals surface area contributed by atoms with Crippen molar-refractivity contribution >= 4 is 50.8 Å². The van der Waals surface area contributed by atoms with Gasteiger partial charge in [-0.15, -0.1) is 0 Å². The third-order valence-corrected chi connectivity index (χ3v) is 12.5. The molecule has 2 aromatic rings. The van der Waals surface area contributed by atoms with Crippen molar-refractivity contribution in [3.63, 3.8) is 0 Å². The zero-order valence-electron chi connectivity index (χ0n) is 28.5. The Bertz CT molecular complexity index is 1840. The summed E-state index contributed by atoms with van der Waals surface area (Å²) in [5, 5.41) is 11.4. The number of oxime groups is 1. The molecule has 272 valence electrons. The normalized spacial score (nSPS) is 29.5. The molecule has 7 rings (SSSR count). The fourth-order valence-corrected chi connectivity index (χ4v) is 8.48. The molecule has 13 nitrogen and oxygen atoms in total. The van der Waals surface area contributed by atoms with Crippen LogP contribution < -0.4 is 15.4 Å². The van der Waals surface area contributed by atoms with Crippen molar-refractivity contribution in [3.05, 3.63) is 60.2 Å². The van der Waals surface area contributed by atoms with Crippen molar-refractivity contribution in [3.8, 4) is 0 Å². The maximum atomic E-state index is 14.3. The monoisotopic (exact) mass is 719 g/mol. The van der Waals surface area contributed by atoms with Gasteiger partial charge < -0.3 is 25.1 Å². The number of nitrogens with one attached hydrogen (secondary N) is 3. The number of nitrogens with zero attached hydrogens (tertiary/aromatic N) is 2. The van der Waals surface area contributed by atoms with Crippen LogP contribution in [0.25, 0.3) is 10.8 Å². The van der Waals surface area contributed by atoms with Gasteiger partial charge in [-0.1, -0.05) is 66.5 Å². The fraction of sp³-hybridized carbons (Fsp3) is 0.541. The minimum atomic E-state index is -3.86. The predicted molar refractivity (Wildman–Crippen MR) is 189 cm³/mol. The van der Waals surface area contributed by atoms with Gasteiger partial charge in [-0.3, -0.25) is 19.1 Å². The first kappa shape index (κ1) is 35.0. The van der Waals surface area contributed by atoms with Crippen LogP contribution in [0.3, 0.4) is 0 Å². The average molecular weight is 720 g/mol. The predicted octanol–water partition coefficient (Wildman–Crippen LogP) is 3.81. The van der Waals surface area contributed by atoms with Crippen molar-refractivity contribution in [2.75, 3.05) is 6.54 Å². The van der Waals surface area contributed by atoms with Crippen LogP contribution in [-0.2, 0) is 34.0 Å². The Morgan fingerprint density at radius 2 is 1.76 bits per heavy atom. The van der Waals surface area contributed by atoms with Crippen LogP contribution in [0.2, 0.25) is 0 Å². The van der Waals surface area contributed by atoms with Gasteiger partial charge in [0.1, 0.15) is 29.8 Å². The van der Waals surface area contributed by atoms with Crippen LogP contribution in [0.4, 0.5) is 4.79 Å². The Morgan fingerprint density at radius 3 is 2.53 bits per heavy atom. The SMILES string of the molecule is O=C(N[C@H]1CCCCC/C=C\[C@@H]2CC2(C(=O)NS(=O)(=O)C2CC2)NC(=O)[C@@H]2C[C@@H](O/N=C/c3ccc4ccccc4c3)CN2C1=O)OC1CCC1. The van der Waals surface area contributed by atoms with Crippen LogP contribution in [0.1, 0.15) is 82.6 Å². The highest BCUT2D eigenvalue weighted by molar-refractivity contribution is 7.91. The molecule has 1 saturated heterocycles. The highest BCUT2D eigenvalue weighted by atomic mass is 32.2. The Hall–Kier alpha value is -4.46. The second kappa shape index (κ2) is 14.6. The molecular weight excluding hydrogens is 675 g/mol. The third kappa shape index (κ3) is 8.05. The summed E-state index contributed by atoms with van der Waals surface area (Å²) in [4.78, 5) is 62.1. The molecule has 2 aliphatic heterocycles. The maximum absolute atomic E-state index is 14.3. The summed E-state index contributed by atoms with van der Waals surface area (Å²) < 4.78 is 33.2. The van der Waals surface area contributed by atoms with Crippen molar-refractivity contribution in [2.24, 2.45) is 11.1 Å². The van der Waals surface area contributed by atoms with Crippen LogP contribution in [0, 0.1) is 5.92 Å². The number of benzene rings is 2. The van der Waals surface area contributed by atoms with Crippen molar-refractivity contribution in [2.45, 2.75) is 112 Å². The number of allylic oxidation sites excluding steroid dienone is 1. The number of ether oxygens (including phenoxy) is 1. The number of rotatable bonds is 8. The van der Waals surface area contributed by atoms with E-state index >= 15 is 0 Å². The zero-order chi connectivity index (χ0) is 35.6. The first-order valence-corrected chi connectivity index (χ1v) is 19.7. The first-order chi connectivity index (χ1) is 24.6. The smallest absolute Gasteiger partial charge is 0.408 e. The standard InChI is InChI=1S/C37H45N5O8S/c43-33-32-20-29(50-38-22-24-15-16-25-9-6-7-10-26(25)19-24)23-42(32)34(44)31(39-36(46)49-28-12-8-13-28)14-5-3-1-2-4-11-27-21-37(27,40-33)35(45)41-51(47,48)30-17-18-30/h4,6-7,9-11,15-16,19,22,27-32H,1-3,5,8,12-14,17-18,20-21,23H2,(H,39,46)(H,40,43)(H,41,45)/b11-4-,38-22+/t27-,29-,31+,32+,37?/m1/s1. The molecule has 5 atom stereocenters. The number of hydrogen-bond acceptors (Lipinski definition) is 9. The maximum Gasteiger partial charge on any atom is 0.408 e. The van der Waals surface area contributed by atoms with Crippen LogP contribution in [0.15, 0.2) is 59.8 Å². The first-order valence-electron chi connectivity index (χ1n) is 18.1. The molecule has 0 radical (unpaired) electrons. The van der Waals surface area contributed by atoms with E-state index in [1.165, 1.54) is 4.90 Å². The summed E-state index contributed by atoms with van der Waals surface area (Å²) in [6.07, 6.45) is 11.0. The molecule has 3 aliphatic carbocycles. The van der Waals surface area contributed by atoms with Crippen molar-refractivity contribution < 1.29 is 37.2 Å². The summed E-state index contributed by atoms with van der Waals surface area (Å²) in [5.41, 5.74) is -0.659. The average Bonchev–Trinajstić information content (AvgIpc) is 4.02. The molecule has 1 unspecified atom stereocenters. The van der Waals surface area contributed by atoms with Gasteiger partial charge in [-0.05, 0) is 80.2 Å². The molecule has 0 bridgehead atoms. The lowest BCUT2D eigenvalue weighted by molar-refractivity contribution is -0.141. The summed E-state index contributed by atoms with van der Waals surface area (Å²) in [6.45, 7) is 0.0143. The van der Waals surface area contributed by atoms with E-state index in [0.29, 0.717) is 32.1 Å². The molecule has 14 heteroatoms. The summed E-state index contributed by atoms with van der Waals surface area (Å²) in [7, 11) is -3.86. The molecule has 3 saturated carbocycles. The number of sulfonamides is 1. The van der Waals surface area contributed by atoms with Gasteiger partial charge >= 0.3 is 6.09 Å². The molecule has 3 N–H and O–H groups in total. The van der Waals surface area contributed by atoms with Gasteiger partial charge in [0, 0.05) is 12.3 Å². The Morgan fingerprint density at radius 1 is 0.961 bits per heavy atom. The second-order valence-corrected chi connectivity index (χ2v) is 16.4. The lowest BCUT2D eigenvalue weighted by Crippen LogP contribution is -2.58. The lowest BCUT2D eigenvalue weighted by Gasteiger charge is -2.30. The van der Waals surface area contributed by atoms with Gasteiger partial charge in [0.2, 0.25) is 21.8 Å². The van der Waals surface area contributed by atoms with Crippen molar-refractivity contribution in [1.29, 1.82) is 0 Å². The van der Waals surface area contributed by atoms with E-state index in [4.69, 9.17) is 9.57 Å². The highest BCUT2D eigenvalue weighted by Gasteiger charge is 2.62.